The molecule has 114 valence electrons. The van der Waals surface area contributed by atoms with Crippen molar-refractivity contribution in [1.29, 1.82) is 0 Å². The molecule has 5 nitrogen and oxygen atoms in total. The van der Waals surface area contributed by atoms with Crippen LogP contribution in [0.3, 0.4) is 0 Å². The molecule has 0 bridgehead atoms. The lowest BCUT2D eigenvalue weighted by atomic mass is 9.94. The van der Waals surface area contributed by atoms with Crippen molar-refractivity contribution in [2.75, 3.05) is 5.32 Å². The van der Waals surface area contributed by atoms with E-state index in [0.717, 1.165) is 25.7 Å². The summed E-state index contributed by atoms with van der Waals surface area (Å²) in [5.74, 6) is -1.76. The first kappa shape index (κ1) is 15.8. The number of hydrogen-bond acceptors (Lipinski definition) is 3. The predicted molar refractivity (Wildman–Crippen MR) is 84.3 cm³/mol. The van der Waals surface area contributed by atoms with Crippen LogP contribution in [-0.4, -0.2) is 23.0 Å². The molecule has 4 N–H and O–H groups in total. The summed E-state index contributed by atoms with van der Waals surface area (Å²) in [4.78, 5) is 23.1. The van der Waals surface area contributed by atoms with E-state index in [0.29, 0.717) is 22.1 Å². The maximum absolute atomic E-state index is 11.6. The number of carboxylic acids is 1. The number of primary amides is 1. The first-order valence-corrected chi connectivity index (χ1v) is 7.87. The van der Waals surface area contributed by atoms with Gasteiger partial charge in [0, 0.05) is 16.2 Å². The Kier molecular flexibility index (Phi) is 5.22. The number of nitrogens with two attached hydrogens (primary N) is 1. The average Bonchev–Trinajstić information content (AvgIpc) is 2.63. The van der Waals surface area contributed by atoms with Gasteiger partial charge in [0.2, 0.25) is 0 Å². The molecule has 1 aliphatic carbocycles. The normalized spacial score (nSPS) is 22.3. The Hall–Kier alpha value is -1.56. The summed E-state index contributed by atoms with van der Waals surface area (Å²) in [6.07, 6.45) is 4.40. The zero-order chi connectivity index (χ0) is 15.4. The zero-order valence-electron chi connectivity index (χ0n) is 11.6. The van der Waals surface area contributed by atoms with Gasteiger partial charge in [0.1, 0.15) is 0 Å². The van der Waals surface area contributed by atoms with Gasteiger partial charge < -0.3 is 16.2 Å². The van der Waals surface area contributed by atoms with Crippen LogP contribution >= 0.6 is 15.9 Å². The number of hydrogen-bond donors (Lipinski definition) is 3. The largest absolute Gasteiger partial charge is 0.481 e. The van der Waals surface area contributed by atoms with Gasteiger partial charge in [-0.25, -0.2) is 0 Å². The number of anilines is 1. The lowest BCUT2D eigenvalue weighted by molar-refractivity contribution is -0.142. The summed E-state index contributed by atoms with van der Waals surface area (Å²) in [7, 11) is 0. The number of carbonyl (C=O) groups excluding carboxylic acids is 1. The van der Waals surface area contributed by atoms with Crippen LogP contribution in [0.1, 0.15) is 42.5 Å². The summed E-state index contributed by atoms with van der Waals surface area (Å²) in [6, 6.07) is 5.12. The second-order valence-electron chi connectivity index (χ2n) is 5.36. The summed E-state index contributed by atoms with van der Waals surface area (Å²) in [5, 5.41) is 12.6. The molecule has 0 aliphatic heterocycles. The van der Waals surface area contributed by atoms with E-state index in [4.69, 9.17) is 5.73 Å². The molecule has 1 aromatic carbocycles. The van der Waals surface area contributed by atoms with Crippen LogP contribution in [0, 0.1) is 5.92 Å². The number of nitrogens with one attached hydrogen (secondary N) is 1. The van der Waals surface area contributed by atoms with Gasteiger partial charge in [-0.2, -0.15) is 0 Å². The molecule has 0 spiro atoms. The van der Waals surface area contributed by atoms with Gasteiger partial charge in [-0.1, -0.05) is 25.3 Å². The standard InChI is InChI=1S/C15H19BrN2O3/c16-10-6-4-8-12(13(10)14(17)19)18-11-7-3-1-2-5-9(11)15(20)21/h4,6,8-9,11,18H,1-3,5,7H2,(H2,17,19)(H,20,21). The second-order valence-corrected chi connectivity index (χ2v) is 6.21. The Morgan fingerprint density at radius 3 is 2.62 bits per heavy atom. The number of benzene rings is 1. The molecule has 2 unspecified atom stereocenters. The number of rotatable bonds is 4. The van der Waals surface area contributed by atoms with Gasteiger partial charge >= 0.3 is 5.97 Å². The van der Waals surface area contributed by atoms with Crippen LogP contribution in [0.25, 0.3) is 0 Å². The smallest absolute Gasteiger partial charge is 0.308 e. The molecule has 21 heavy (non-hydrogen) atoms. The fourth-order valence-corrected chi connectivity index (χ4v) is 3.43. The molecule has 2 atom stereocenters. The highest BCUT2D eigenvalue weighted by molar-refractivity contribution is 9.10. The van der Waals surface area contributed by atoms with E-state index in [1.807, 2.05) is 0 Å². The molecule has 6 heteroatoms. The van der Waals surface area contributed by atoms with E-state index in [1.54, 1.807) is 18.2 Å². The number of halogens is 1. The monoisotopic (exact) mass is 354 g/mol. The van der Waals surface area contributed by atoms with Crippen molar-refractivity contribution in [3.05, 3.63) is 28.2 Å². The molecule has 1 amide bonds. The maximum Gasteiger partial charge on any atom is 0.308 e. The number of carboxylic acid groups (broad SMARTS) is 1. The molecule has 1 fully saturated rings. The van der Waals surface area contributed by atoms with Crippen molar-refractivity contribution in [1.82, 2.24) is 0 Å². The lowest BCUT2D eigenvalue weighted by Gasteiger charge is -2.25. The Balaban J connectivity index is 2.28. The summed E-state index contributed by atoms with van der Waals surface area (Å²) < 4.78 is 0.612. The molecule has 1 aliphatic rings. The van der Waals surface area contributed by atoms with Crippen molar-refractivity contribution in [2.24, 2.45) is 11.7 Å². The number of aliphatic carboxylic acids is 1. The van der Waals surface area contributed by atoms with Gasteiger partial charge in [-0.05, 0) is 40.9 Å². The van der Waals surface area contributed by atoms with Gasteiger partial charge in [0.05, 0.1) is 11.5 Å². The minimum absolute atomic E-state index is 0.183. The minimum atomic E-state index is -0.787. The van der Waals surface area contributed by atoms with E-state index in [-0.39, 0.29) is 6.04 Å². The maximum atomic E-state index is 11.6. The second kappa shape index (κ2) is 6.93. The fraction of sp³-hybridized carbons (Fsp3) is 0.467. The molecular formula is C15H19BrN2O3. The quantitative estimate of drug-likeness (QED) is 0.724. The van der Waals surface area contributed by atoms with E-state index in [1.165, 1.54) is 0 Å². The molecule has 0 heterocycles. The van der Waals surface area contributed by atoms with Gasteiger partial charge in [-0.3, -0.25) is 9.59 Å². The highest BCUT2D eigenvalue weighted by Crippen LogP contribution is 2.30. The Bertz CT molecular complexity index is 548. The average molecular weight is 355 g/mol. The highest BCUT2D eigenvalue weighted by atomic mass is 79.9. The van der Waals surface area contributed by atoms with E-state index in [2.05, 4.69) is 21.2 Å². The van der Waals surface area contributed by atoms with E-state index >= 15 is 0 Å². The third-order valence-electron chi connectivity index (χ3n) is 3.93. The predicted octanol–water partition coefficient (Wildman–Crippen LogP) is 2.99. The lowest BCUT2D eigenvalue weighted by Crippen LogP contribution is -2.34. The number of carbonyl (C=O) groups is 2. The van der Waals surface area contributed by atoms with Crippen LogP contribution in [0.2, 0.25) is 0 Å². The molecule has 0 saturated heterocycles. The number of amides is 1. The topological polar surface area (TPSA) is 92.4 Å². The first-order chi connectivity index (χ1) is 10.0. The first-order valence-electron chi connectivity index (χ1n) is 7.08. The summed E-state index contributed by atoms with van der Waals surface area (Å²) in [6.45, 7) is 0. The van der Waals surface area contributed by atoms with E-state index < -0.39 is 17.8 Å². The highest BCUT2D eigenvalue weighted by Gasteiger charge is 2.30. The van der Waals surface area contributed by atoms with Gasteiger partial charge in [0.25, 0.3) is 5.91 Å². The van der Waals surface area contributed by atoms with Crippen LogP contribution in [-0.2, 0) is 4.79 Å². The molecule has 0 radical (unpaired) electrons. The van der Waals surface area contributed by atoms with Gasteiger partial charge in [-0.15, -0.1) is 0 Å². The van der Waals surface area contributed by atoms with Gasteiger partial charge in [0.15, 0.2) is 0 Å². The Labute approximate surface area is 132 Å². The van der Waals surface area contributed by atoms with Crippen LogP contribution in [0.15, 0.2) is 22.7 Å². The van der Waals surface area contributed by atoms with Crippen molar-refractivity contribution >= 4 is 33.5 Å². The minimum Gasteiger partial charge on any atom is -0.481 e. The van der Waals surface area contributed by atoms with Crippen LogP contribution in [0.4, 0.5) is 5.69 Å². The van der Waals surface area contributed by atoms with Crippen molar-refractivity contribution in [3.8, 4) is 0 Å². The van der Waals surface area contributed by atoms with E-state index in [9.17, 15) is 14.7 Å². The molecule has 1 saturated carbocycles. The summed E-state index contributed by atoms with van der Waals surface area (Å²) >= 11 is 3.31. The third-order valence-corrected chi connectivity index (χ3v) is 4.59. The Morgan fingerprint density at radius 2 is 1.95 bits per heavy atom. The van der Waals surface area contributed by atoms with Crippen molar-refractivity contribution < 1.29 is 14.7 Å². The molecular weight excluding hydrogens is 336 g/mol. The molecule has 1 aromatic rings. The zero-order valence-corrected chi connectivity index (χ0v) is 13.2. The third kappa shape index (κ3) is 3.75. The SMILES string of the molecule is NC(=O)c1c(Br)cccc1NC1CCCCCC1C(=O)O. The van der Waals surface area contributed by atoms with Crippen LogP contribution in [0.5, 0.6) is 0 Å². The van der Waals surface area contributed by atoms with Crippen molar-refractivity contribution in [3.63, 3.8) is 0 Å². The molecule has 2 rings (SSSR count). The molecule has 0 aromatic heterocycles. The van der Waals surface area contributed by atoms with Crippen LogP contribution < -0.4 is 11.1 Å². The Morgan fingerprint density at radius 1 is 1.24 bits per heavy atom. The van der Waals surface area contributed by atoms with Crippen molar-refractivity contribution in [2.45, 2.75) is 38.1 Å². The fourth-order valence-electron chi connectivity index (χ4n) is 2.87. The summed E-state index contributed by atoms with van der Waals surface area (Å²) in [5.41, 5.74) is 6.38.